The fourth-order valence-corrected chi connectivity index (χ4v) is 6.44. The average molecular weight is 415 g/mol. The highest BCUT2D eigenvalue weighted by atomic mass is 32.2. The minimum absolute atomic E-state index is 0.0255. The number of carbonyl (C=O) groups is 2. The van der Waals surface area contributed by atoms with Crippen molar-refractivity contribution in [1.29, 1.82) is 0 Å². The highest BCUT2D eigenvalue weighted by molar-refractivity contribution is 7.91. The van der Waals surface area contributed by atoms with Crippen molar-refractivity contribution in [3.05, 3.63) is 11.6 Å². The summed E-state index contributed by atoms with van der Waals surface area (Å²) in [4.78, 5) is 31.2. The smallest absolute Gasteiger partial charge is 0.306 e. The third kappa shape index (κ3) is 5.28. The van der Waals surface area contributed by atoms with E-state index in [4.69, 9.17) is 4.74 Å². The Labute approximate surface area is 164 Å². The van der Waals surface area contributed by atoms with Gasteiger partial charge < -0.3 is 4.74 Å². The Morgan fingerprint density at radius 2 is 2.04 bits per heavy atom. The number of anilines is 1. The molecule has 1 amide bonds. The summed E-state index contributed by atoms with van der Waals surface area (Å²) in [5.41, 5.74) is 0. The molecule has 150 valence electrons. The van der Waals surface area contributed by atoms with E-state index < -0.39 is 21.9 Å². The first-order valence-corrected chi connectivity index (χ1v) is 12.2. The summed E-state index contributed by atoms with van der Waals surface area (Å²) >= 11 is 1.40. The van der Waals surface area contributed by atoms with Gasteiger partial charge in [-0.25, -0.2) is 13.4 Å². The number of thiazole rings is 1. The van der Waals surface area contributed by atoms with Crippen molar-refractivity contribution in [2.45, 2.75) is 64.0 Å². The number of nitrogens with zero attached hydrogens (tertiary/aromatic N) is 2. The molecule has 7 nitrogen and oxygen atoms in total. The van der Waals surface area contributed by atoms with E-state index in [0.717, 1.165) is 25.7 Å². The number of ether oxygens (including phenoxy) is 1. The first-order valence-electron chi connectivity index (χ1n) is 9.48. The number of hydrogen-bond acceptors (Lipinski definition) is 7. The van der Waals surface area contributed by atoms with E-state index in [1.807, 2.05) is 5.38 Å². The van der Waals surface area contributed by atoms with Crippen LogP contribution in [0.5, 0.6) is 0 Å². The molecule has 2 atom stereocenters. The molecule has 2 unspecified atom stereocenters. The minimum atomic E-state index is -3.03. The predicted octanol–water partition coefficient (Wildman–Crippen LogP) is 2.57. The molecule has 3 rings (SSSR count). The third-order valence-electron chi connectivity index (χ3n) is 5.24. The van der Waals surface area contributed by atoms with Gasteiger partial charge in [-0.05, 0) is 32.1 Å². The van der Waals surface area contributed by atoms with Gasteiger partial charge in [0.1, 0.15) is 0 Å². The van der Waals surface area contributed by atoms with Crippen LogP contribution >= 0.6 is 11.3 Å². The monoisotopic (exact) mass is 414 g/mol. The van der Waals surface area contributed by atoms with Crippen LogP contribution in [0.2, 0.25) is 0 Å². The SMILES string of the molecule is CC(OC(=O)CC1CCS(=O)(=O)C1)C(=O)N(c1nccs1)C1CCCCC1. The van der Waals surface area contributed by atoms with Gasteiger partial charge in [-0.2, -0.15) is 0 Å². The first kappa shape index (κ1) is 20.3. The van der Waals surface area contributed by atoms with Gasteiger partial charge in [-0.15, -0.1) is 11.3 Å². The van der Waals surface area contributed by atoms with Crippen molar-refractivity contribution in [2.24, 2.45) is 5.92 Å². The molecule has 0 N–H and O–H groups in total. The minimum Gasteiger partial charge on any atom is -0.453 e. The van der Waals surface area contributed by atoms with Gasteiger partial charge in [0.15, 0.2) is 21.1 Å². The number of carbonyl (C=O) groups excluding carboxylic acids is 2. The van der Waals surface area contributed by atoms with E-state index in [2.05, 4.69) is 4.98 Å². The fourth-order valence-electron chi connectivity index (χ4n) is 3.86. The van der Waals surface area contributed by atoms with Crippen LogP contribution in [0.1, 0.15) is 51.9 Å². The zero-order valence-corrected chi connectivity index (χ0v) is 17.1. The van der Waals surface area contributed by atoms with Crippen LogP contribution in [-0.4, -0.2) is 48.9 Å². The Bertz CT molecular complexity index is 757. The molecular formula is C18H26N2O5S2. The lowest BCUT2D eigenvalue weighted by Gasteiger charge is -2.33. The Balaban J connectivity index is 1.62. The maximum atomic E-state index is 13.0. The van der Waals surface area contributed by atoms with Crippen LogP contribution in [-0.2, 0) is 24.2 Å². The molecule has 27 heavy (non-hydrogen) atoms. The quantitative estimate of drug-likeness (QED) is 0.664. The number of rotatable bonds is 6. The van der Waals surface area contributed by atoms with Gasteiger partial charge in [-0.1, -0.05) is 19.3 Å². The van der Waals surface area contributed by atoms with E-state index in [9.17, 15) is 18.0 Å². The van der Waals surface area contributed by atoms with E-state index in [0.29, 0.717) is 11.6 Å². The predicted molar refractivity (Wildman–Crippen MR) is 103 cm³/mol. The number of aromatic nitrogens is 1. The van der Waals surface area contributed by atoms with Crippen LogP contribution in [0.25, 0.3) is 0 Å². The Kier molecular flexibility index (Phi) is 6.52. The van der Waals surface area contributed by atoms with Crippen molar-refractivity contribution in [2.75, 3.05) is 16.4 Å². The molecule has 0 radical (unpaired) electrons. The standard InChI is InChI=1S/C18H26N2O5S2/c1-13(25-16(21)11-14-7-10-27(23,24)12-14)17(22)20(18-19-8-9-26-18)15-5-3-2-4-6-15/h8-9,13-15H,2-7,10-12H2,1H3. The summed E-state index contributed by atoms with van der Waals surface area (Å²) < 4.78 is 28.4. The molecule has 1 aromatic heterocycles. The van der Waals surface area contributed by atoms with Crippen molar-refractivity contribution in [1.82, 2.24) is 4.98 Å². The molecule has 2 heterocycles. The second kappa shape index (κ2) is 8.68. The Hall–Kier alpha value is -1.48. The normalized spacial score (nSPS) is 23.7. The zero-order chi connectivity index (χ0) is 19.4. The molecule has 2 fully saturated rings. The Morgan fingerprint density at radius 3 is 2.63 bits per heavy atom. The van der Waals surface area contributed by atoms with Crippen molar-refractivity contribution in [3.63, 3.8) is 0 Å². The maximum absolute atomic E-state index is 13.0. The zero-order valence-electron chi connectivity index (χ0n) is 15.5. The van der Waals surface area contributed by atoms with E-state index >= 15 is 0 Å². The van der Waals surface area contributed by atoms with Crippen LogP contribution < -0.4 is 4.90 Å². The van der Waals surface area contributed by atoms with Crippen molar-refractivity contribution in [3.8, 4) is 0 Å². The molecule has 1 aliphatic heterocycles. The maximum Gasteiger partial charge on any atom is 0.306 e. The second-order valence-electron chi connectivity index (χ2n) is 7.42. The summed E-state index contributed by atoms with van der Waals surface area (Å²) in [5.74, 6) is -0.834. The van der Waals surface area contributed by atoms with Gasteiger partial charge in [0.05, 0.1) is 11.5 Å². The summed E-state index contributed by atoms with van der Waals surface area (Å²) in [5, 5.41) is 2.46. The van der Waals surface area contributed by atoms with Gasteiger partial charge >= 0.3 is 5.97 Å². The number of hydrogen-bond donors (Lipinski definition) is 0. The molecule has 1 saturated carbocycles. The van der Waals surface area contributed by atoms with E-state index in [1.165, 1.54) is 17.8 Å². The Morgan fingerprint density at radius 1 is 1.30 bits per heavy atom. The summed E-state index contributed by atoms with van der Waals surface area (Å²) in [7, 11) is -3.03. The molecule has 1 aromatic rings. The molecule has 0 bridgehead atoms. The molecule has 2 aliphatic rings. The van der Waals surface area contributed by atoms with Crippen LogP contribution in [0, 0.1) is 5.92 Å². The summed E-state index contributed by atoms with van der Waals surface area (Å²) in [6, 6.07) is 0.0820. The number of amides is 1. The molecule has 1 aliphatic carbocycles. The lowest BCUT2D eigenvalue weighted by atomic mass is 9.94. The highest BCUT2D eigenvalue weighted by Gasteiger charge is 2.34. The lowest BCUT2D eigenvalue weighted by molar-refractivity contribution is -0.154. The topological polar surface area (TPSA) is 93.6 Å². The van der Waals surface area contributed by atoms with Crippen molar-refractivity contribution >= 4 is 38.2 Å². The molecule has 9 heteroatoms. The van der Waals surface area contributed by atoms with Gasteiger partial charge in [0.25, 0.3) is 5.91 Å². The van der Waals surface area contributed by atoms with Gasteiger partial charge in [-0.3, -0.25) is 14.5 Å². The van der Waals surface area contributed by atoms with Crippen LogP contribution in [0.15, 0.2) is 11.6 Å². The van der Waals surface area contributed by atoms with E-state index in [1.54, 1.807) is 18.0 Å². The van der Waals surface area contributed by atoms with Gasteiger partial charge in [0.2, 0.25) is 0 Å². The highest BCUT2D eigenvalue weighted by Crippen LogP contribution is 2.30. The summed E-state index contributed by atoms with van der Waals surface area (Å²) in [6.07, 6.45) is 6.43. The molecule has 0 spiro atoms. The molecular weight excluding hydrogens is 388 g/mol. The lowest BCUT2D eigenvalue weighted by Crippen LogP contribution is -2.47. The third-order valence-corrected chi connectivity index (χ3v) is 7.85. The fraction of sp³-hybridized carbons (Fsp3) is 0.722. The number of esters is 1. The average Bonchev–Trinajstić information content (AvgIpc) is 3.25. The molecule has 0 aromatic carbocycles. The van der Waals surface area contributed by atoms with Crippen molar-refractivity contribution < 1.29 is 22.7 Å². The second-order valence-corrected chi connectivity index (χ2v) is 10.5. The first-order chi connectivity index (χ1) is 12.9. The van der Waals surface area contributed by atoms with Crippen LogP contribution in [0.4, 0.5) is 5.13 Å². The van der Waals surface area contributed by atoms with E-state index in [-0.39, 0.29) is 35.8 Å². The van der Waals surface area contributed by atoms with Crippen LogP contribution in [0.3, 0.4) is 0 Å². The number of sulfone groups is 1. The molecule has 1 saturated heterocycles. The summed E-state index contributed by atoms with van der Waals surface area (Å²) in [6.45, 7) is 1.58. The van der Waals surface area contributed by atoms with Gasteiger partial charge in [0, 0.05) is 24.0 Å². The largest absolute Gasteiger partial charge is 0.453 e.